The zero-order chi connectivity index (χ0) is 21.2. The average molecular weight is 396 g/mol. The maximum absolute atomic E-state index is 11.9. The number of aryl methyl sites for hydroxylation is 1. The van der Waals surface area contributed by atoms with Gasteiger partial charge >= 0.3 is 12.0 Å². The van der Waals surface area contributed by atoms with Crippen LogP contribution in [0, 0.1) is 17.2 Å². The van der Waals surface area contributed by atoms with E-state index < -0.39 is 24.5 Å². The second-order valence-electron chi connectivity index (χ2n) is 6.80. The molecule has 0 bridgehead atoms. The number of benzene rings is 1. The van der Waals surface area contributed by atoms with Crippen LogP contribution < -0.4 is 10.6 Å². The normalized spacial score (nSPS) is 10.8. The van der Waals surface area contributed by atoms with Gasteiger partial charge in [0.25, 0.3) is 5.91 Å². The highest BCUT2D eigenvalue weighted by Gasteiger charge is 2.10. The van der Waals surface area contributed by atoms with Gasteiger partial charge < -0.3 is 14.6 Å². The number of aromatic nitrogens is 1. The molecule has 0 unspecified atom stereocenters. The van der Waals surface area contributed by atoms with Gasteiger partial charge in [0.15, 0.2) is 6.61 Å². The highest BCUT2D eigenvalue weighted by atomic mass is 16.5. The summed E-state index contributed by atoms with van der Waals surface area (Å²) in [5, 5.41) is 14.4. The van der Waals surface area contributed by atoms with Crippen LogP contribution in [-0.4, -0.2) is 35.6 Å². The number of esters is 1. The predicted molar refractivity (Wildman–Crippen MR) is 109 cm³/mol. The van der Waals surface area contributed by atoms with E-state index in [2.05, 4.69) is 16.7 Å². The number of carbonyl (C=O) groups excluding carboxylic acids is 3. The molecular formula is C21H24N4O4. The van der Waals surface area contributed by atoms with Crippen LogP contribution in [0.5, 0.6) is 0 Å². The molecule has 0 spiro atoms. The summed E-state index contributed by atoms with van der Waals surface area (Å²) >= 11 is 0. The topological polar surface area (TPSA) is 113 Å². The van der Waals surface area contributed by atoms with Crippen LogP contribution in [0.1, 0.15) is 25.8 Å². The van der Waals surface area contributed by atoms with E-state index in [4.69, 9.17) is 10.00 Å². The molecule has 1 aromatic carbocycles. The van der Waals surface area contributed by atoms with Gasteiger partial charge in [0, 0.05) is 41.8 Å². The van der Waals surface area contributed by atoms with Crippen molar-refractivity contribution in [2.24, 2.45) is 5.92 Å². The first kappa shape index (κ1) is 21.7. The Morgan fingerprint density at radius 3 is 2.76 bits per heavy atom. The van der Waals surface area contributed by atoms with E-state index in [1.807, 2.05) is 48.9 Å². The van der Waals surface area contributed by atoms with Crippen molar-refractivity contribution in [3.8, 4) is 6.07 Å². The molecule has 0 saturated heterocycles. The monoisotopic (exact) mass is 396 g/mol. The number of nitrogens with one attached hydrogen (secondary N) is 2. The Bertz CT molecular complexity index is 953. The van der Waals surface area contributed by atoms with E-state index in [9.17, 15) is 14.4 Å². The summed E-state index contributed by atoms with van der Waals surface area (Å²) in [5.41, 5.74) is 1.76. The second kappa shape index (κ2) is 10.7. The predicted octanol–water partition coefficient (Wildman–Crippen LogP) is 2.59. The van der Waals surface area contributed by atoms with Gasteiger partial charge in [-0.3, -0.25) is 10.1 Å². The van der Waals surface area contributed by atoms with Crippen molar-refractivity contribution < 1.29 is 19.1 Å². The van der Waals surface area contributed by atoms with Gasteiger partial charge in [-0.05, 0) is 18.1 Å². The van der Waals surface area contributed by atoms with Crippen LogP contribution in [0.3, 0.4) is 0 Å². The first-order valence-electron chi connectivity index (χ1n) is 9.28. The fraction of sp³-hybridized carbons (Fsp3) is 0.333. The summed E-state index contributed by atoms with van der Waals surface area (Å²) in [4.78, 5) is 35.0. The molecule has 0 saturated carbocycles. The molecule has 3 amide bonds. The number of nitrogens with zero attached hydrogens (tertiary/aromatic N) is 2. The van der Waals surface area contributed by atoms with Gasteiger partial charge in [0.1, 0.15) is 0 Å². The fourth-order valence-corrected chi connectivity index (χ4v) is 2.61. The van der Waals surface area contributed by atoms with Crippen molar-refractivity contribution in [1.82, 2.24) is 15.2 Å². The summed E-state index contributed by atoms with van der Waals surface area (Å²) < 4.78 is 6.82. The largest absolute Gasteiger partial charge is 0.452 e. The number of para-hydroxylation sites is 1. The molecule has 0 atom stereocenters. The van der Waals surface area contributed by atoms with Gasteiger partial charge in [-0.25, -0.2) is 9.59 Å². The summed E-state index contributed by atoms with van der Waals surface area (Å²) in [6.07, 6.45) is 5.06. The lowest BCUT2D eigenvalue weighted by molar-refractivity contribution is -0.143. The molecular weight excluding hydrogens is 372 g/mol. The zero-order valence-electron chi connectivity index (χ0n) is 16.5. The van der Waals surface area contributed by atoms with Gasteiger partial charge in [-0.1, -0.05) is 32.0 Å². The van der Waals surface area contributed by atoms with Gasteiger partial charge in [-0.2, -0.15) is 5.26 Å². The van der Waals surface area contributed by atoms with Crippen LogP contribution in [0.2, 0.25) is 0 Å². The van der Waals surface area contributed by atoms with Crippen molar-refractivity contribution in [2.75, 3.05) is 13.2 Å². The van der Waals surface area contributed by atoms with Gasteiger partial charge in [0.05, 0.1) is 12.5 Å². The maximum atomic E-state index is 11.9. The molecule has 2 aromatic rings. The summed E-state index contributed by atoms with van der Waals surface area (Å²) in [6, 6.07) is 9.15. The molecule has 1 heterocycles. The lowest BCUT2D eigenvalue weighted by Gasteiger charge is -2.08. The highest BCUT2D eigenvalue weighted by molar-refractivity contribution is 5.97. The Hall–Kier alpha value is -3.60. The number of carbonyl (C=O) groups is 3. The minimum atomic E-state index is -0.707. The van der Waals surface area contributed by atoms with Crippen molar-refractivity contribution >= 4 is 34.9 Å². The van der Waals surface area contributed by atoms with E-state index in [-0.39, 0.29) is 5.92 Å². The number of imide groups is 1. The molecule has 2 N–H and O–H groups in total. The third-order valence-electron chi connectivity index (χ3n) is 3.95. The van der Waals surface area contributed by atoms with Crippen LogP contribution in [0.25, 0.3) is 17.0 Å². The first-order valence-corrected chi connectivity index (χ1v) is 9.28. The molecule has 0 aliphatic heterocycles. The molecule has 0 radical (unpaired) electrons. The van der Waals surface area contributed by atoms with Crippen LogP contribution in [0.15, 0.2) is 36.5 Å². The van der Waals surface area contributed by atoms with Crippen molar-refractivity contribution in [3.63, 3.8) is 0 Å². The molecule has 0 fully saturated rings. The molecule has 0 aliphatic rings. The standard InChI is InChI=1S/C21H24N4O4/c1-15(2)12-23-21(28)24-19(26)14-29-20(27)9-8-16-13-25(11-5-10-22)18-7-4-3-6-17(16)18/h3-4,6-9,13,15H,5,11-12,14H2,1-2H3,(H2,23,24,26,28)/b9-8+. The zero-order valence-corrected chi connectivity index (χ0v) is 16.5. The first-order chi connectivity index (χ1) is 13.9. The van der Waals surface area contributed by atoms with Crippen molar-refractivity contribution in [2.45, 2.75) is 26.8 Å². The Balaban J connectivity index is 1.91. The number of hydrogen-bond acceptors (Lipinski definition) is 5. The molecule has 0 aliphatic carbocycles. The van der Waals surface area contributed by atoms with Crippen LogP contribution >= 0.6 is 0 Å². The molecule has 1 aromatic heterocycles. The number of urea groups is 1. The third-order valence-corrected chi connectivity index (χ3v) is 3.95. The summed E-state index contributed by atoms with van der Waals surface area (Å²) in [6.45, 7) is 4.29. The number of rotatable bonds is 8. The molecule has 8 nitrogen and oxygen atoms in total. The van der Waals surface area contributed by atoms with E-state index in [0.29, 0.717) is 19.5 Å². The Kier molecular flexibility index (Phi) is 7.98. The van der Waals surface area contributed by atoms with E-state index in [1.165, 1.54) is 6.08 Å². The van der Waals surface area contributed by atoms with E-state index >= 15 is 0 Å². The number of hydrogen-bond donors (Lipinski definition) is 2. The quantitative estimate of drug-likeness (QED) is 0.526. The smallest absolute Gasteiger partial charge is 0.331 e. The van der Waals surface area contributed by atoms with Gasteiger partial charge in [-0.15, -0.1) is 0 Å². The van der Waals surface area contributed by atoms with Crippen LogP contribution in [0.4, 0.5) is 4.79 Å². The Morgan fingerprint density at radius 2 is 2.03 bits per heavy atom. The fourth-order valence-electron chi connectivity index (χ4n) is 2.61. The number of ether oxygens (including phenoxy) is 1. The van der Waals surface area contributed by atoms with E-state index in [1.54, 1.807) is 6.08 Å². The van der Waals surface area contributed by atoms with E-state index in [0.717, 1.165) is 16.5 Å². The molecule has 152 valence electrons. The molecule has 29 heavy (non-hydrogen) atoms. The lowest BCUT2D eigenvalue weighted by Crippen LogP contribution is -2.42. The second-order valence-corrected chi connectivity index (χ2v) is 6.80. The highest BCUT2D eigenvalue weighted by Crippen LogP contribution is 2.22. The Labute approximate surface area is 169 Å². The Morgan fingerprint density at radius 1 is 1.28 bits per heavy atom. The lowest BCUT2D eigenvalue weighted by atomic mass is 10.1. The van der Waals surface area contributed by atoms with Crippen LogP contribution in [-0.2, 0) is 20.9 Å². The number of nitriles is 1. The molecule has 2 rings (SSSR count). The molecule has 8 heteroatoms. The summed E-state index contributed by atoms with van der Waals surface area (Å²) in [7, 11) is 0. The third kappa shape index (κ3) is 6.81. The number of amides is 3. The summed E-state index contributed by atoms with van der Waals surface area (Å²) in [5.74, 6) is -1.15. The van der Waals surface area contributed by atoms with Crippen molar-refractivity contribution in [3.05, 3.63) is 42.1 Å². The van der Waals surface area contributed by atoms with Crippen molar-refractivity contribution in [1.29, 1.82) is 5.26 Å². The maximum Gasteiger partial charge on any atom is 0.331 e. The number of fused-ring (bicyclic) bond motifs is 1. The van der Waals surface area contributed by atoms with Gasteiger partial charge in [0.2, 0.25) is 0 Å². The minimum absolute atomic E-state index is 0.254. The minimum Gasteiger partial charge on any atom is -0.452 e. The average Bonchev–Trinajstić information content (AvgIpc) is 3.05. The SMILES string of the molecule is CC(C)CNC(=O)NC(=O)COC(=O)/C=C/c1cn(CCC#N)c2ccccc12.